The Morgan fingerprint density at radius 2 is 2.24 bits per heavy atom. The minimum absolute atomic E-state index is 0.321. The molecule has 0 aromatic rings. The van der Waals surface area contributed by atoms with Crippen LogP contribution >= 0.6 is 21.3 Å². The average molecular weight is 407 g/mol. The summed E-state index contributed by atoms with van der Waals surface area (Å²) in [5.74, 6) is -0.198. The molecule has 1 aliphatic heterocycles. The van der Waals surface area contributed by atoms with Gasteiger partial charge in [-0.3, -0.25) is 4.79 Å². The first kappa shape index (κ1) is 16.9. The Bertz CT molecular complexity index is 417. The van der Waals surface area contributed by atoms with Crippen LogP contribution in [-0.4, -0.2) is 26.8 Å². The number of nitrogens with two attached hydrogens (primary N) is 1. The van der Waals surface area contributed by atoms with Crippen molar-refractivity contribution in [2.45, 2.75) is 57.9 Å². The van der Waals surface area contributed by atoms with Crippen LogP contribution in [0.4, 0.5) is 0 Å². The van der Waals surface area contributed by atoms with Gasteiger partial charge in [0.15, 0.2) is 0 Å². The van der Waals surface area contributed by atoms with Crippen molar-refractivity contribution in [1.82, 2.24) is 3.11 Å². The molecule has 1 saturated carbocycles. The molecule has 0 aromatic carbocycles. The van der Waals surface area contributed by atoms with Crippen LogP contribution in [0.1, 0.15) is 51.9 Å². The highest BCUT2D eigenvalue weighted by atomic mass is 127. The molecule has 21 heavy (non-hydrogen) atoms. The highest BCUT2D eigenvalue weighted by molar-refractivity contribution is 14.1. The Balaban J connectivity index is 1.88. The van der Waals surface area contributed by atoms with Gasteiger partial charge in [0.05, 0.1) is 11.6 Å². The van der Waals surface area contributed by atoms with Crippen molar-refractivity contribution in [1.29, 1.82) is 0 Å². The van der Waals surface area contributed by atoms with E-state index in [0.717, 1.165) is 18.0 Å². The van der Waals surface area contributed by atoms with Gasteiger partial charge in [-0.2, -0.15) is 0 Å². The minimum Gasteiger partial charge on any atom is -0.481 e. The van der Waals surface area contributed by atoms with E-state index < -0.39 is 5.97 Å². The van der Waals surface area contributed by atoms with E-state index in [1.165, 1.54) is 25.7 Å². The average Bonchev–Trinajstić information content (AvgIpc) is 2.92. The number of hydrogen-bond acceptors (Lipinski definition) is 4. The second-order valence-electron chi connectivity index (χ2n) is 6.21. The first-order chi connectivity index (χ1) is 10.1. The summed E-state index contributed by atoms with van der Waals surface area (Å²) in [7, 11) is 0. The number of hydrogen-bond donors (Lipinski definition) is 2. The van der Waals surface area contributed by atoms with Gasteiger partial charge in [-0.15, -0.1) is 0 Å². The zero-order valence-electron chi connectivity index (χ0n) is 12.7. The van der Waals surface area contributed by atoms with E-state index >= 15 is 0 Å². The van der Waals surface area contributed by atoms with Gasteiger partial charge in [0.1, 0.15) is 21.3 Å². The third-order valence-corrected chi connectivity index (χ3v) is 6.80. The molecule has 0 saturated heterocycles. The van der Waals surface area contributed by atoms with Gasteiger partial charge < -0.3 is 14.0 Å². The van der Waals surface area contributed by atoms with Crippen LogP contribution in [0.25, 0.3) is 0 Å². The molecule has 6 heteroatoms. The topological polar surface area (TPSA) is 78.9 Å². The fraction of sp³-hybridized carbons (Fsp3) is 0.800. The quantitative estimate of drug-likeness (QED) is 0.499. The first-order valence-corrected chi connectivity index (χ1v) is 9.80. The Morgan fingerprint density at radius 3 is 2.86 bits per heavy atom. The number of allylic oxidation sites excluding steroid dienone is 1. The smallest absolute Gasteiger partial charge is 0.306 e. The monoisotopic (exact) mass is 407 g/mol. The Labute approximate surface area is 137 Å². The van der Waals surface area contributed by atoms with Crippen LogP contribution in [0.15, 0.2) is 15.0 Å². The molecular formula is C15H26IN3O2. The van der Waals surface area contributed by atoms with Crippen LogP contribution in [0, 0.1) is 11.8 Å². The Morgan fingerprint density at radius 1 is 1.52 bits per heavy atom. The van der Waals surface area contributed by atoms with Crippen LogP contribution < -0.4 is 5.73 Å². The zero-order chi connectivity index (χ0) is 15.2. The van der Waals surface area contributed by atoms with Crippen LogP contribution in [0.3, 0.4) is 0 Å². The lowest BCUT2D eigenvalue weighted by atomic mass is 9.87. The summed E-state index contributed by atoms with van der Waals surface area (Å²) in [6, 6.07) is 0.641. The number of carboxylic acids is 1. The molecule has 1 fully saturated rings. The fourth-order valence-corrected chi connectivity index (χ4v) is 5.15. The highest BCUT2D eigenvalue weighted by Crippen LogP contribution is 2.37. The largest absolute Gasteiger partial charge is 0.481 e. The normalized spacial score (nSPS) is 27.1. The Hall–Kier alpha value is -0.500. The van der Waals surface area contributed by atoms with Crippen molar-refractivity contribution < 1.29 is 9.90 Å². The number of nitrogens with zero attached hydrogens (tertiary/aromatic N) is 2. The van der Waals surface area contributed by atoms with Gasteiger partial charge in [0, 0.05) is 18.7 Å². The molecule has 1 aliphatic carbocycles. The fourth-order valence-electron chi connectivity index (χ4n) is 2.95. The predicted octanol–water partition coefficient (Wildman–Crippen LogP) is 3.62. The molecule has 120 valence electrons. The van der Waals surface area contributed by atoms with E-state index in [1.54, 1.807) is 0 Å². The lowest BCUT2D eigenvalue weighted by Crippen LogP contribution is -2.27. The molecule has 2 aliphatic rings. The number of halogens is 1. The van der Waals surface area contributed by atoms with Crippen LogP contribution in [0.5, 0.6) is 0 Å². The summed E-state index contributed by atoms with van der Waals surface area (Å²) < 4.78 is 7.06. The second-order valence-corrected chi connectivity index (χ2v) is 8.24. The van der Waals surface area contributed by atoms with E-state index in [2.05, 4.69) is 19.4 Å². The third-order valence-electron chi connectivity index (χ3n) is 4.40. The second kappa shape index (κ2) is 8.22. The van der Waals surface area contributed by atoms with Gasteiger partial charge in [0.25, 0.3) is 0 Å². The van der Waals surface area contributed by atoms with E-state index in [9.17, 15) is 9.90 Å². The summed E-state index contributed by atoms with van der Waals surface area (Å²) in [6.07, 6.45) is 9.26. The zero-order valence-corrected chi connectivity index (χ0v) is 14.8. The molecule has 1 atom stereocenters. The van der Waals surface area contributed by atoms with Gasteiger partial charge >= 0.3 is 5.97 Å². The standard InChI is InChI=1S/C15H26IN3O2/c1-11-4-6-14(7-5-11)19-10-13(18-16-19)9-12(15(20)21)3-2-8-17/h10-12,14H,2-9,17H2,1H3,(H,20,21)/t11?,12-,14?/m1/s1. The number of rotatable bonds is 7. The van der Waals surface area contributed by atoms with Gasteiger partial charge in [-0.1, -0.05) is 6.92 Å². The SMILES string of the molecule is CC1CCC(N2C=C(C[C@@H](CCCN)C(=O)O)N=I2)CC1. The van der Waals surface area contributed by atoms with Crippen LogP contribution in [0.2, 0.25) is 0 Å². The molecule has 3 N–H and O–H groups in total. The molecule has 0 radical (unpaired) electrons. The van der Waals surface area contributed by atoms with Crippen molar-refractivity contribution in [2.75, 3.05) is 6.54 Å². The molecule has 0 amide bonds. The summed E-state index contributed by atoms with van der Waals surface area (Å²) >= 11 is -0.321. The minimum atomic E-state index is -0.720. The van der Waals surface area contributed by atoms with Crippen LogP contribution in [-0.2, 0) is 4.79 Å². The molecule has 1 heterocycles. The predicted molar refractivity (Wildman–Crippen MR) is 91.8 cm³/mol. The summed E-state index contributed by atoms with van der Waals surface area (Å²) in [6.45, 7) is 2.88. The van der Waals surface area contributed by atoms with Crippen molar-refractivity contribution in [3.05, 3.63) is 11.9 Å². The van der Waals surface area contributed by atoms with Gasteiger partial charge in [-0.05, 0) is 51.0 Å². The first-order valence-electron chi connectivity index (χ1n) is 7.87. The number of carboxylic acid groups (broad SMARTS) is 1. The van der Waals surface area contributed by atoms with Crippen molar-refractivity contribution in [3.8, 4) is 0 Å². The van der Waals surface area contributed by atoms with Crippen molar-refractivity contribution in [2.24, 2.45) is 20.7 Å². The molecular weight excluding hydrogens is 381 g/mol. The maximum Gasteiger partial charge on any atom is 0.306 e. The summed E-state index contributed by atoms with van der Waals surface area (Å²) in [5.41, 5.74) is 6.47. The maximum absolute atomic E-state index is 11.3. The van der Waals surface area contributed by atoms with E-state index in [-0.39, 0.29) is 27.2 Å². The van der Waals surface area contributed by atoms with Gasteiger partial charge in [0.2, 0.25) is 0 Å². The van der Waals surface area contributed by atoms with E-state index in [1.807, 2.05) is 0 Å². The van der Waals surface area contributed by atoms with Crippen molar-refractivity contribution in [3.63, 3.8) is 0 Å². The Kier molecular flexibility index (Phi) is 6.60. The third kappa shape index (κ3) is 5.02. The van der Waals surface area contributed by atoms with E-state index in [0.29, 0.717) is 25.4 Å². The summed E-state index contributed by atoms with van der Waals surface area (Å²) in [4.78, 5) is 11.3. The van der Waals surface area contributed by atoms with Crippen molar-refractivity contribution >= 4 is 27.3 Å². The maximum atomic E-state index is 11.3. The molecule has 0 aromatic heterocycles. The molecule has 0 spiro atoms. The van der Waals surface area contributed by atoms with E-state index in [4.69, 9.17) is 5.73 Å². The van der Waals surface area contributed by atoms with Gasteiger partial charge in [-0.25, -0.2) is 3.15 Å². The highest BCUT2D eigenvalue weighted by Gasteiger charge is 2.26. The molecule has 0 unspecified atom stereocenters. The molecule has 0 bridgehead atoms. The number of aliphatic carboxylic acids is 1. The lowest BCUT2D eigenvalue weighted by molar-refractivity contribution is -0.141. The lowest BCUT2D eigenvalue weighted by Gasteiger charge is -2.30. The molecule has 2 rings (SSSR count). The summed E-state index contributed by atoms with van der Waals surface area (Å²) in [5, 5.41) is 9.29. The number of carbonyl (C=O) groups is 1. The molecule has 5 nitrogen and oxygen atoms in total.